The molecule has 0 aliphatic heterocycles. The van der Waals surface area contributed by atoms with E-state index in [0.29, 0.717) is 5.15 Å². The Labute approximate surface area is 85.2 Å². The van der Waals surface area contributed by atoms with E-state index in [-0.39, 0.29) is 0 Å². The molecule has 0 fully saturated rings. The monoisotopic (exact) mass is 210 g/mol. The molecular weight excluding hydrogens is 204 g/mol. The molecule has 2 aromatic heterocycles. The van der Waals surface area contributed by atoms with Crippen LogP contribution in [-0.4, -0.2) is 9.97 Å². The van der Waals surface area contributed by atoms with Crippen LogP contribution in [0.15, 0.2) is 23.8 Å². The van der Waals surface area contributed by atoms with Crippen molar-refractivity contribution >= 4 is 22.9 Å². The third-order valence-corrected chi connectivity index (χ3v) is 2.97. The van der Waals surface area contributed by atoms with Crippen molar-refractivity contribution in [2.75, 3.05) is 0 Å². The molecule has 0 radical (unpaired) electrons. The van der Waals surface area contributed by atoms with Crippen molar-refractivity contribution in [1.29, 1.82) is 0 Å². The Morgan fingerprint density at radius 2 is 2.23 bits per heavy atom. The topological polar surface area (TPSA) is 25.8 Å². The van der Waals surface area contributed by atoms with Crippen LogP contribution >= 0.6 is 22.9 Å². The smallest absolute Gasteiger partial charge is 0.133 e. The number of aryl methyl sites for hydroxylation is 1. The van der Waals surface area contributed by atoms with Gasteiger partial charge in [-0.3, -0.25) is 0 Å². The summed E-state index contributed by atoms with van der Waals surface area (Å²) in [6.07, 6.45) is 1.48. The van der Waals surface area contributed by atoms with Gasteiger partial charge < -0.3 is 0 Å². The van der Waals surface area contributed by atoms with E-state index >= 15 is 0 Å². The largest absolute Gasteiger partial charge is 0.235 e. The Balaban J connectivity index is 2.53. The Hall–Kier alpha value is -0.930. The minimum atomic E-state index is 0.484. The van der Waals surface area contributed by atoms with Gasteiger partial charge in [-0.15, -0.1) is 11.3 Å². The fraction of sp³-hybridized carbons (Fsp3) is 0.111. The molecule has 2 aromatic rings. The van der Waals surface area contributed by atoms with Gasteiger partial charge in [-0.05, 0) is 23.9 Å². The molecule has 0 spiro atoms. The number of thiophene rings is 1. The summed E-state index contributed by atoms with van der Waals surface area (Å²) in [6.45, 7) is 2.06. The summed E-state index contributed by atoms with van der Waals surface area (Å²) in [5.41, 5.74) is 2.12. The Morgan fingerprint density at radius 3 is 2.85 bits per heavy atom. The number of rotatable bonds is 1. The van der Waals surface area contributed by atoms with Gasteiger partial charge in [0.15, 0.2) is 0 Å². The van der Waals surface area contributed by atoms with Gasteiger partial charge >= 0.3 is 0 Å². The zero-order chi connectivity index (χ0) is 9.26. The maximum atomic E-state index is 5.77. The molecule has 0 aliphatic rings. The van der Waals surface area contributed by atoms with Crippen LogP contribution in [0.5, 0.6) is 0 Å². The third-order valence-electron chi connectivity index (χ3n) is 1.73. The van der Waals surface area contributed by atoms with E-state index in [2.05, 4.69) is 23.0 Å². The molecule has 0 amide bonds. The van der Waals surface area contributed by atoms with Gasteiger partial charge in [-0.1, -0.05) is 11.6 Å². The summed E-state index contributed by atoms with van der Waals surface area (Å²) in [6, 6.07) is 3.84. The normalized spacial score (nSPS) is 10.3. The van der Waals surface area contributed by atoms with Crippen molar-refractivity contribution in [3.05, 3.63) is 34.6 Å². The zero-order valence-electron chi connectivity index (χ0n) is 6.99. The Morgan fingerprint density at radius 1 is 1.38 bits per heavy atom. The van der Waals surface area contributed by atoms with Crippen molar-refractivity contribution in [2.45, 2.75) is 6.92 Å². The third kappa shape index (κ3) is 1.71. The molecule has 13 heavy (non-hydrogen) atoms. The molecule has 2 rings (SSSR count). The Bertz CT molecular complexity index is 425. The number of halogens is 1. The van der Waals surface area contributed by atoms with Crippen LogP contribution < -0.4 is 0 Å². The fourth-order valence-electron chi connectivity index (χ4n) is 1.09. The average molecular weight is 211 g/mol. The molecule has 0 atom stereocenters. The Kier molecular flexibility index (Phi) is 2.29. The zero-order valence-corrected chi connectivity index (χ0v) is 8.56. The highest BCUT2D eigenvalue weighted by Gasteiger charge is 2.04. The van der Waals surface area contributed by atoms with Crippen LogP contribution in [0.4, 0.5) is 0 Å². The first-order chi connectivity index (χ1) is 6.27. The van der Waals surface area contributed by atoms with Gasteiger partial charge in [-0.2, -0.15) is 0 Å². The van der Waals surface area contributed by atoms with E-state index in [9.17, 15) is 0 Å². The van der Waals surface area contributed by atoms with Gasteiger partial charge in [0.25, 0.3) is 0 Å². The summed E-state index contributed by atoms with van der Waals surface area (Å²) >= 11 is 7.43. The summed E-state index contributed by atoms with van der Waals surface area (Å²) in [7, 11) is 0. The summed E-state index contributed by atoms with van der Waals surface area (Å²) in [4.78, 5) is 9.15. The molecule has 0 N–H and O–H groups in total. The minimum absolute atomic E-state index is 0.484. The molecule has 0 unspecified atom stereocenters. The number of hydrogen-bond donors (Lipinski definition) is 0. The molecule has 2 nitrogen and oxygen atoms in total. The van der Waals surface area contributed by atoms with Gasteiger partial charge in [0.1, 0.15) is 11.5 Å². The number of hydrogen-bond acceptors (Lipinski definition) is 3. The first-order valence-electron chi connectivity index (χ1n) is 3.79. The van der Waals surface area contributed by atoms with Gasteiger partial charge in [0.2, 0.25) is 0 Å². The van der Waals surface area contributed by atoms with Crippen LogP contribution in [0.2, 0.25) is 5.15 Å². The van der Waals surface area contributed by atoms with Gasteiger partial charge in [0, 0.05) is 6.07 Å². The van der Waals surface area contributed by atoms with Crippen molar-refractivity contribution in [1.82, 2.24) is 9.97 Å². The lowest BCUT2D eigenvalue weighted by molar-refractivity contribution is 1.17. The van der Waals surface area contributed by atoms with Gasteiger partial charge in [-0.25, -0.2) is 9.97 Å². The molecule has 0 saturated heterocycles. The summed E-state index contributed by atoms with van der Waals surface area (Å²) in [5, 5.41) is 2.53. The highest BCUT2D eigenvalue weighted by atomic mass is 35.5. The second kappa shape index (κ2) is 3.44. The maximum Gasteiger partial charge on any atom is 0.133 e. The summed E-state index contributed by atoms with van der Waals surface area (Å²) in [5.74, 6) is 0. The molecular formula is C9H7ClN2S. The predicted octanol–water partition coefficient (Wildman–Crippen LogP) is 3.17. The van der Waals surface area contributed by atoms with Gasteiger partial charge in [0.05, 0.1) is 10.6 Å². The summed E-state index contributed by atoms with van der Waals surface area (Å²) < 4.78 is 0. The number of nitrogens with zero attached hydrogens (tertiary/aromatic N) is 2. The minimum Gasteiger partial charge on any atom is -0.235 e. The van der Waals surface area contributed by atoms with Crippen molar-refractivity contribution in [2.24, 2.45) is 0 Å². The molecule has 66 valence electrons. The van der Waals surface area contributed by atoms with Crippen LogP contribution in [0.1, 0.15) is 5.56 Å². The first kappa shape index (κ1) is 8.66. The number of aromatic nitrogens is 2. The van der Waals surface area contributed by atoms with Crippen LogP contribution in [0.3, 0.4) is 0 Å². The predicted molar refractivity (Wildman–Crippen MR) is 55.1 cm³/mol. The van der Waals surface area contributed by atoms with E-state index < -0.39 is 0 Å². The van der Waals surface area contributed by atoms with E-state index in [0.717, 1.165) is 10.6 Å². The lowest BCUT2D eigenvalue weighted by atomic mass is 10.2. The van der Waals surface area contributed by atoms with E-state index in [1.54, 1.807) is 17.4 Å². The molecule has 0 aliphatic carbocycles. The second-order valence-electron chi connectivity index (χ2n) is 2.66. The van der Waals surface area contributed by atoms with E-state index in [1.807, 2.05) is 5.38 Å². The maximum absolute atomic E-state index is 5.77. The highest BCUT2D eigenvalue weighted by molar-refractivity contribution is 7.13. The second-order valence-corrected chi connectivity index (χ2v) is 3.96. The van der Waals surface area contributed by atoms with Crippen molar-refractivity contribution in [3.8, 4) is 10.6 Å². The van der Waals surface area contributed by atoms with Crippen molar-refractivity contribution in [3.63, 3.8) is 0 Å². The molecule has 4 heteroatoms. The average Bonchev–Trinajstić information content (AvgIpc) is 2.51. The van der Waals surface area contributed by atoms with Crippen LogP contribution in [-0.2, 0) is 0 Å². The van der Waals surface area contributed by atoms with E-state index in [4.69, 9.17) is 11.6 Å². The highest BCUT2D eigenvalue weighted by Crippen LogP contribution is 2.27. The fourth-order valence-corrected chi connectivity index (χ4v) is 2.13. The standard InChI is InChI=1S/C9H7ClN2S/c1-6-2-3-13-9(6)7-4-8(10)12-5-11-7/h2-5H,1H3. The van der Waals surface area contributed by atoms with Crippen LogP contribution in [0, 0.1) is 6.92 Å². The first-order valence-corrected chi connectivity index (χ1v) is 5.05. The quantitative estimate of drug-likeness (QED) is 0.676. The lowest BCUT2D eigenvalue weighted by Crippen LogP contribution is -1.84. The SMILES string of the molecule is Cc1ccsc1-c1cc(Cl)ncn1. The lowest BCUT2D eigenvalue weighted by Gasteiger charge is -1.97. The van der Waals surface area contributed by atoms with E-state index in [1.165, 1.54) is 11.9 Å². The van der Waals surface area contributed by atoms with Crippen molar-refractivity contribution < 1.29 is 0 Å². The van der Waals surface area contributed by atoms with Crippen LogP contribution in [0.25, 0.3) is 10.6 Å². The molecule has 0 saturated carbocycles. The molecule has 2 heterocycles. The molecule has 0 bridgehead atoms. The molecule has 0 aromatic carbocycles.